The number of rotatable bonds is 45. The van der Waals surface area contributed by atoms with Gasteiger partial charge in [-0.1, -0.05) is 94.8 Å². The van der Waals surface area contributed by atoms with E-state index in [9.17, 15) is 87.2 Å². The van der Waals surface area contributed by atoms with Gasteiger partial charge < -0.3 is 117 Å². The Hall–Kier alpha value is -10.4. The molecule has 2 aromatic rings. The summed E-state index contributed by atoms with van der Waals surface area (Å²) in [4.78, 5) is 199. The third-order valence-corrected chi connectivity index (χ3v) is 14.2. The van der Waals surface area contributed by atoms with E-state index in [-0.39, 0.29) is 50.5 Å². The van der Waals surface area contributed by atoms with Crippen molar-refractivity contribution < 1.29 is 97.5 Å². The lowest BCUT2D eigenvalue weighted by Crippen LogP contribution is -2.60. The highest BCUT2D eigenvalue weighted by molar-refractivity contribution is 5.99. The third-order valence-electron chi connectivity index (χ3n) is 14.2. The number of carboxylic acid groups (broad SMARTS) is 1. The number of aliphatic imine (C=N–C) groups is 1. The average Bonchev–Trinajstić information content (AvgIpc) is 0.916. The fourth-order valence-corrected chi connectivity index (χ4v) is 8.70. The minimum atomic E-state index is -1.77. The maximum atomic E-state index is 14.0. The summed E-state index contributed by atoms with van der Waals surface area (Å²) in [6.07, 6.45) is -0.176. The van der Waals surface area contributed by atoms with Gasteiger partial charge in [-0.2, -0.15) is 0 Å². The van der Waals surface area contributed by atoms with Crippen LogP contribution >= 0.6 is 0 Å². The largest absolute Gasteiger partial charge is 0.480 e. The monoisotopic (exact) mass is 1380 g/mol. The number of hydrogen-bond acceptors (Lipinski definition) is 21. The molecule has 0 heterocycles. The molecule has 2 rings (SSSR count). The van der Waals surface area contributed by atoms with Crippen molar-refractivity contribution in [3.8, 4) is 0 Å². The number of nitrogens with one attached hydrogen (secondary N) is 14. The number of guanidine groups is 1. The number of benzene rings is 2. The standard InChI is InChI=1S/C60H92N18O20/c1-5-33(4)50(78-48(87)26-68-53(92)39(20-34-13-8-6-9-14-34)72-45(84)23-65-44(83)22-66-51(90)36(61)28-79)59(98)77-42(30-81)54(93)69-24-46(85)71-38(19-32(2)3)52(91)67-25-47(86)73-43(31-82)58(97)74-37(17-12-18-64-60(62)63)56(95)75-40(21-35-15-10-7-11-16-35)57(96)76-41(29-80)55(94)70-27-49(88)89/h6-11,13-16,32-33,36-43,50,79-82H,5,12,17-31,61H2,1-4H3,(H,65,83)(H,66,90)(H,67,91)(H,68,92)(H,69,93)(H,70,94)(H,71,85)(H,72,84)(H,73,86)(H,74,97)(H,75,95)(H,76,96)(H,77,98)(H,78,87)(H,88,89)(H4,62,63,64)/t33-,36-,37-,38-,39-,40-,41-,42-,43-,50-/m0/s1. The minimum absolute atomic E-state index is 0.0261. The summed E-state index contributed by atoms with van der Waals surface area (Å²) in [5.74, 6) is -15.9. The van der Waals surface area contributed by atoms with Gasteiger partial charge in [-0.15, -0.1) is 0 Å². The van der Waals surface area contributed by atoms with E-state index in [0.29, 0.717) is 17.5 Å². The number of hydrogen-bond donors (Lipinski definition) is 22. The minimum Gasteiger partial charge on any atom is -0.480 e. The van der Waals surface area contributed by atoms with E-state index in [1.54, 1.807) is 88.4 Å². The van der Waals surface area contributed by atoms with Crippen molar-refractivity contribution in [1.82, 2.24) is 74.4 Å². The molecule has 0 aliphatic rings. The van der Waals surface area contributed by atoms with Crippen LogP contribution in [0, 0.1) is 11.8 Å². The molecule has 38 nitrogen and oxygen atoms in total. The second-order valence-corrected chi connectivity index (χ2v) is 22.6. The first kappa shape index (κ1) is 83.6. The van der Waals surface area contributed by atoms with E-state index in [1.165, 1.54) is 0 Å². The first-order valence-electron chi connectivity index (χ1n) is 31.0. The topological polar surface area (TPSA) is 616 Å². The highest BCUT2D eigenvalue weighted by Gasteiger charge is 2.34. The van der Waals surface area contributed by atoms with Gasteiger partial charge in [-0.25, -0.2) is 0 Å². The lowest BCUT2D eigenvalue weighted by Gasteiger charge is -2.26. The Balaban J connectivity index is 2.11. The van der Waals surface area contributed by atoms with Crippen LogP contribution in [0.15, 0.2) is 65.7 Å². The molecule has 2 aromatic carbocycles. The predicted molar refractivity (Wildman–Crippen MR) is 347 cm³/mol. The fraction of sp³-hybridized carbons (Fsp3) is 0.533. The van der Waals surface area contributed by atoms with E-state index in [1.807, 2.05) is 5.32 Å². The summed E-state index contributed by atoms with van der Waals surface area (Å²) < 4.78 is 0. The highest BCUT2D eigenvalue weighted by atomic mass is 16.4. The first-order valence-corrected chi connectivity index (χ1v) is 31.0. The fourth-order valence-electron chi connectivity index (χ4n) is 8.70. The molecule has 25 N–H and O–H groups in total. The van der Waals surface area contributed by atoms with Gasteiger partial charge in [0.2, 0.25) is 82.7 Å². The zero-order valence-electron chi connectivity index (χ0n) is 54.7. The van der Waals surface area contributed by atoms with Crippen LogP contribution in [0.25, 0.3) is 0 Å². The molecule has 542 valence electrons. The number of carbonyl (C=O) groups excluding carboxylic acids is 14. The number of aliphatic hydroxyl groups excluding tert-OH is 4. The van der Waals surface area contributed by atoms with Gasteiger partial charge in [0, 0.05) is 19.4 Å². The lowest BCUT2D eigenvalue weighted by atomic mass is 9.98. The van der Waals surface area contributed by atoms with Crippen molar-refractivity contribution in [2.45, 2.75) is 121 Å². The first-order chi connectivity index (χ1) is 46.4. The van der Waals surface area contributed by atoms with E-state index in [2.05, 4.69) is 74.1 Å². The van der Waals surface area contributed by atoms with Gasteiger partial charge in [0.05, 0.1) is 59.2 Å². The van der Waals surface area contributed by atoms with E-state index >= 15 is 0 Å². The van der Waals surface area contributed by atoms with Gasteiger partial charge in [-0.3, -0.25) is 76.9 Å². The summed E-state index contributed by atoms with van der Waals surface area (Å²) in [6.45, 7) is -1.50. The van der Waals surface area contributed by atoms with Crippen molar-refractivity contribution in [3.63, 3.8) is 0 Å². The number of carbonyl (C=O) groups is 15. The van der Waals surface area contributed by atoms with Crippen LogP contribution in [0.3, 0.4) is 0 Å². The number of nitrogens with two attached hydrogens (primary N) is 3. The molecular weight excluding hydrogens is 1290 g/mol. The van der Waals surface area contributed by atoms with Gasteiger partial charge in [0.25, 0.3) is 0 Å². The smallest absolute Gasteiger partial charge is 0.322 e. The Morgan fingerprint density at radius 1 is 0.418 bits per heavy atom. The van der Waals surface area contributed by atoms with Crippen LogP contribution in [0.2, 0.25) is 0 Å². The van der Waals surface area contributed by atoms with Crippen molar-refractivity contribution >= 4 is 94.6 Å². The normalized spacial score (nSPS) is 13.9. The molecule has 0 aromatic heterocycles. The predicted octanol–water partition coefficient (Wildman–Crippen LogP) is -10.4. The molecule has 0 radical (unpaired) electrons. The molecule has 98 heavy (non-hydrogen) atoms. The second kappa shape index (κ2) is 45.1. The molecular formula is C60H92N18O20. The molecule has 0 saturated carbocycles. The maximum Gasteiger partial charge on any atom is 0.322 e. The van der Waals surface area contributed by atoms with Crippen LogP contribution in [0.4, 0.5) is 0 Å². The molecule has 38 heteroatoms. The van der Waals surface area contributed by atoms with Crippen molar-refractivity contribution in [2.75, 3.05) is 72.2 Å². The summed E-state index contributed by atoms with van der Waals surface area (Å²) in [6, 6.07) is 3.17. The van der Waals surface area contributed by atoms with E-state index < -0.39 is 215 Å². The molecule has 0 aliphatic carbocycles. The van der Waals surface area contributed by atoms with Crippen molar-refractivity contribution in [1.29, 1.82) is 0 Å². The van der Waals surface area contributed by atoms with Crippen molar-refractivity contribution in [2.24, 2.45) is 34.0 Å². The summed E-state index contributed by atoms with van der Waals surface area (Å²) >= 11 is 0. The zero-order chi connectivity index (χ0) is 73.4. The maximum absolute atomic E-state index is 14.0. The number of amides is 14. The van der Waals surface area contributed by atoms with Gasteiger partial charge >= 0.3 is 5.97 Å². The zero-order valence-corrected chi connectivity index (χ0v) is 54.7. The van der Waals surface area contributed by atoms with Gasteiger partial charge in [0.1, 0.15) is 60.9 Å². The molecule has 0 unspecified atom stereocenters. The third kappa shape index (κ3) is 32.8. The molecule has 0 saturated heterocycles. The molecule has 0 bridgehead atoms. The summed E-state index contributed by atoms with van der Waals surface area (Å²) in [7, 11) is 0. The Morgan fingerprint density at radius 3 is 1.26 bits per heavy atom. The average molecular weight is 1390 g/mol. The van der Waals surface area contributed by atoms with E-state index in [4.69, 9.17) is 27.4 Å². The second-order valence-electron chi connectivity index (χ2n) is 22.6. The van der Waals surface area contributed by atoms with Gasteiger partial charge in [0.15, 0.2) is 5.96 Å². The summed E-state index contributed by atoms with van der Waals surface area (Å²) in [5.41, 5.74) is 17.4. The molecule has 0 fully saturated rings. The Morgan fingerprint density at radius 2 is 0.786 bits per heavy atom. The molecule has 0 spiro atoms. The van der Waals surface area contributed by atoms with Crippen LogP contribution in [0.5, 0.6) is 0 Å². The lowest BCUT2D eigenvalue weighted by molar-refractivity contribution is -0.139. The van der Waals surface area contributed by atoms with E-state index in [0.717, 1.165) is 0 Å². The Kier molecular flexibility index (Phi) is 38.5. The Bertz CT molecular complexity index is 3050. The van der Waals surface area contributed by atoms with Crippen LogP contribution < -0.4 is 91.6 Å². The number of aliphatic carboxylic acids is 1. The number of carboxylic acids is 1. The van der Waals surface area contributed by atoms with Crippen molar-refractivity contribution in [3.05, 3.63) is 71.8 Å². The quantitative estimate of drug-likeness (QED) is 0.0166. The molecule has 10 atom stereocenters. The SMILES string of the molecule is CC[C@H](C)[C@H](NC(=O)CNC(=O)[C@H](Cc1ccccc1)NC(=O)CNC(=O)CNC(=O)[C@@H](N)CO)C(=O)N[C@@H](CO)C(=O)NCC(=O)N[C@@H](CC(C)C)C(=O)NCC(=O)N[C@@H](CO)C(=O)N[C@@H](CCCN=C(N)N)C(=O)N[C@@H](Cc1ccccc1)C(=O)N[C@@H](CO)C(=O)NCC(=O)O. The van der Waals surface area contributed by atoms with Crippen LogP contribution in [-0.4, -0.2) is 247 Å². The molecule has 14 amide bonds. The number of nitrogens with zero attached hydrogens (tertiary/aromatic N) is 1. The van der Waals surface area contributed by atoms with Crippen LogP contribution in [-0.2, 0) is 84.8 Å². The van der Waals surface area contributed by atoms with Crippen LogP contribution in [0.1, 0.15) is 64.5 Å². The molecule has 0 aliphatic heterocycles. The highest BCUT2D eigenvalue weighted by Crippen LogP contribution is 2.11. The Labute approximate surface area is 563 Å². The number of aliphatic hydroxyl groups is 4. The summed E-state index contributed by atoms with van der Waals surface area (Å²) in [5, 5.41) is 80.8. The van der Waals surface area contributed by atoms with Gasteiger partial charge in [-0.05, 0) is 42.2 Å².